The van der Waals surface area contributed by atoms with Gasteiger partial charge in [0.05, 0.1) is 11.6 Å². The molecule has 0 unspecified atom stereocenters. The van der Waals surface area contributed by atoms with E-state index in [4.69, 9.17) is 11.2 Å². The quantitative estimate of drug-likeness (QED) is 0.619. The van der Waals surface area contributed by atoms with E-state index in [2.05, 4.69) is 12.5 Å². The van der Waals surface area contributed by atoms with E-state index in [9.17, 15) is 4.79 Å². The Labute approximate surface area is 130 Å². The summed E-state index contributed by atoms with van der Waals surface area (Å²) in [6.45, 7) is 4.81. The summed E-state index contributed by atoms with van der Waals surface area (Å²) >= 11 is 0. The van der Waals surface area contributed by atoms with Gasteiger partial charge in [0.25, 0.3) is 5.91 Å². The third-order valence-corrected chi connectivity index (χ3v) is 3.85. The number of fused-ring (bicyclic) bond motifs is 2. The van der Waals surface area contributed by atoms with Gasteiger partial charge >= 0.3 is 0 Å². The van der Waals surface area contributed by atoms with E-state index in [0.29, 0.717) is 17.9 Å². The molecule has 3 heteroatoms. The first-order valence-electron chi connectivity index (χ1n) is 7.22. The monoisotopic (exact) mass is 291 g/mol. The number of nitrogens with zero attached hydrogens (tertiary/aromatic N) is 1. The molecule has 0 aliphatic carbocycles. The number of allylic oxidation sites excluding steroid dienone is 2. The Bertz CT molecular complexity index is 721. The number of rotatable bonds is 2. The van der Waals surface area contributed by atoms with Crippen LogP contribution in [0, 0.1) is 12.3 Å². The maximum absolute atomic E-state index is 12.9. The standard InChI is InChI=1S/C19H17NO2/c1-3-10-22-17-9-8-15-6-4-5-7-16-11-14(2)13-20(16)19(21)18(15)12-17/h1,4-9,12,16H,2,10-11,13H2/b6-4?,7-5+/t16-/m1/s1. The Morgan fingerprint density at radius 2 is 2.27 bits per heavy atom. The van der Waals surface area contributed by atoms with Crippen LogP contribution >= 0.6 is 0 Å². The highest BCUT2D eigenvalue weighted by Crippen LogP contribution is 2.28. The Morgan fingerprint density at radius 1 is 1.41 bits per heavy atom. The van der Waals surface area contributed by atoms with Crippen molar-refractivity contribution in [2.24, 2.45) is 0 Å². The summed E-state index contributed by atoms with van der Waals surface area (Å²) in [4.78, 5) is 14.8. The Balaban J connectivity index is 2.02. The molecule has 0 bridgehead atoms. The van der Waals surface area contributed by atoms with Crippen molar-refractivity contribution in [1.29, 1.82) is 0 Å². The molecule has 2 aliphatic heterocycles. The lowest BCUT2D eigenvalue weighted by atomic mass is 10.1. The Kier molecular flexibility index (Phi) is 3.84. The molecule has 1 fully saturated rings. The van der Waals surface area contributed by atoms with Crippen molar-refractivity contribution in [1.82, 2.24) is 4.90 Å². The zero-order valence-corrected chi connectivity index (χ0v) is 12.3. The number of ether oxygens (including phenoxy) is 1. The smallest absolute Gasteiger partial charge is 0.255 e. The molecular weight excluding hydrogens is 274 g/mol. The van der Waals surface area contributed by atoms with E-state index in [-0.39, 0.29) is 18.6 Å². The average molecular weight is 291 g/mol. The van der Waals surface area contributed by atoms with Gasteiger partial charge in [-0.2, -0.15) is 0 Å². The molecule has 22 heavy (non-hydrogen) atoms. The van der Waals surface area contributed by atoms with Crippen LogP contribution in [0.2, 0.25) is 0 Å². The van der Waals surface area contributed by atoms with Gasteiger partial charge in [0.15, 0.2) is 0 Å². The number of benzene rings is 1. The van der Waals surface area contributed by atoms with E-state index >= 15 is 0 Å². The van der Waals surface area contributed by atoms with Gasteiger partial charge in [-0.15, -0.1) is 6.42 Å². The topological polar surface area (TPSA) is 29.5 Å². The third-order valence-electron chi connectivity index (χ3n) is 3.85. The van der Waals surface area contributed by atoms with Crippen LogP contribution in [0.15, 0.2) is 48.6 Å². The number of carbonyl (C=O) groups excluding carboxylic acids is 1. The van der Waals surface area contributed by atoms with Crippen molar-refractivity contribution in [3.05, 3.63) is 59.7 Å². The predicted octanol–water partition coefficient (Wildman–Crippen LogP) is 3.05. The van der Waals surface area contributed by atoms with Gasteiger partial charge in [0.1, 0.15) is 12.4 Å². The number of hydrogen-bond acceptors (Lipinski definition) is 2. The molecule has 0 spiro atoms. The molecule has 2 heterocycles. The second-order valence-electron chi connectivity index (χ2n) is 5.44. The van der Waals surface area contributed by atoms with Crippen LogP contribution in [-0.2, 0) is 0 Å². The number of amides is 1. The fourth-order valence-electron chi connectivity index (χ4n) is 2.81. The summed E-state index contributed by atoms with van der Waals surface area (Å²) in [7, 11) is 0. The van der Waals surface area contributed by atoms with E-state index in [1.54, 1.807) is 6.07 Å². The Hall–Kier alpha value is -2.73. The van der Waals surface area contributed by atoms with Crippen molar-refractivity contribution in [2.45, 2.75) is 12.5 Å². The molecule has 1 aromatic rings. The van der Waals surface area contributed by atoms with Gasteiger partial charge in [-0.25, -0.2) is 0 Å². The summed E-state index contributed by atoms with van der Waals surface area (Å²) in [5.74, 6) is 3.04. The van der Waals surface area contributed by atoms with Crippen molar-refractivity contribution in [3.63, 3.8) is 0 Å². The fourth-order valence-corrected chi connectivity index (χ4v) is 2.81. The highest BCUT2D eigenvalue weighted by Gasteiger charge is 2.31. The van der Waals surface area contributed by atoms with Crippen LogP contribution in [-0.4, -0.2) is 30.0 Å². The second-order valence-corrected chi connectivity index (χ2v) is 5.44. The summed E-state index contributed by atoms with van der Waals surface area (Å²) in [5, 5.41) is 0. The molecule has 0 aromatic heterocycles. The molecule has 0 radical (unpaired) electrons. The van der Waals surface area contributed by atoms with Crippen molar-refractivity contribution in [2.75, 3.05) is 13.2 Å². The minimum absolute atomic E-state index is 0.000933. The van der Waals surface area contributed by atoms with Crippen molar-refractivity contribution < 1.29 is 9.53 Å². The lowest BCUT2D eigenvalue weighted by molar-refractivity contribution is 0.0764. The highest BCUT2D eigenvalue weighted by atomic mass is 16.5. The third kappa shape index (κ3) is 2.68. The second kappa shape index (κ2) is 5.95. The van der Waals surface area contributed by atoms with E-state index in [0.717, 1.165) is 17.6 Å². The average Bonchev–Trinajstić information content (AvgIpc) is 2.91. The SMILES string of the molecule is C#CCOc1ccc2c(c1)C(=O)N1CC(=C)C[C@H]1/C=C/C=C2. The molecule has 0 N–H and O–H groups in total. The molecule has 110 valence electrons. The van der Waals surface area contributed by atoms with Crippen molar-refractivity contribution >= 4 is 12.0 Å². The predicted molar refractivity (Wildman–Crippen MR) is 87.5 cm³/mol. The highest BCUT2D eigenvalue weighted by molar-refractivity contribution is 5.99. The van der Waals surface area contributed by atoms with Gasteiger partial charge in [-0.1, -0.05) is 48.4 Å². The van der Waals surface area contributed by atoms with E-state index < -0.39 is 0 Å². The van der Waals surface area contributed by atoms with Gasteiger partial charge < -0.3 is 9.64 Å². The number of terminal acetylenes is 1. The van der Waals surface area contributed by atoms with Crippen molar-refractivity contribution in [3.8, 4) is 18.1 Å². The number of carbonyl (C=O) groups is 1. The molecular formula is C19H17NO2. The van der Waals surface area contributed by atoms with Gasteiger partial charge in [0, 0.05) is 6.54 Å². The molecule has 0 saturated carbocycles. The normalized spacial score (nSPS) is 21.2. The lowest BCUT2D eigenvalue weighted by Crippen LogP contribution is -2.34. The molecule has 1 amide bonds. The summed E-state index contributed by atoms with van der Waals surface area (Å²) < 4.78 is 5.44. The molecule has 3 nitrogen and oxygen atoms in total. The zero-order chi connectivity index (χ0) is 15.5. The van der Waals surface area contributed by atoms with Crippen LogP contribution < -0.4 is 4.74 Å². The maximum atomic E-state index is 12.9. The van der Waals surface area contributed by atoms with Crippen LogP contribution in [0.3, 0.4) is 0 Å². The minimum Gasteiger partial charge on any atom is -0.481 e. The zero-order valence-electron chi connectivity index (χ0n) is 12.3. The minimum atomic E-state index is 0.000933. The molecule has 1 saturated heterocycles. The summed E-state index contributed by atoms with van der Waals surface area (Å²) in [6.07, 6.45) is 14.0. The maximum Gasteiger partial charge on any atom is 0.255 e. The van der Waals surface area contributed by atoms with Crippen LogP contribution in [0.25, 0.3) is 6.08 Å². The van der Waals surface area contributed by atoms with Gasteiger partial charge in [0.2, 0.25) is 0 Å². The van der Waals surface area contributed by atoms with Gasteiger partial charge in [-0.3, -0.25) is 4.79 Å². The molecule has 3 rings (SSSR count). The van der Waals surface area contributed by atoms with Crippen LogP contribution in [0.4, 0.5) is 0 Å². The van der Waals surface area contributed by atoms with Crippen LogP contribution in [0.1, 0.15) is 22.3 Å². The lowest BCUT2D eigenvalue weighted by Gasteiger charge is -2.22. The first kappa shape index (κ1) is 14.2. The molecule has 1 atom stereocenters. The largest absolute Gasteiger partial charge is 0.481 e. The number of hydrogen-bond donors (Lipinski definition) is 0. The van der Waals surface area contributed by atoms with E-state index in [1.807, 2.05) is 41.3 Å². The van der Waals surface area contributed by atoms with Crippen LogP contribution in [0.5, 0.6) is 5.75 Å². The Morgan fingerprint density at radius 3 is 3.09 bits per heavy atom. The van der Waals surface area contributed by atoms with Gasteiger partial charge in [-0.05, 0) is 24.1 Å². The molecule has 1 aromatic carbocycles. The first-order chi connectivity index (χ1) is 10.7. The fraction of sp³-hybridized carbons (Fsp3) is 0.211. The molecule has 2 aliphatic rings. The first-order valence-corrected chi connectivity index (χ1v) is 7.22. The summed E-state index contributed by atoms with van der Waals surface area (Å²) in [5.41, 5.74) is 2.59. The van der Waals surface area contributed by atoms with E-state index in [1.165, 1.54) is 0 Å². The summed E-state index contributed by atoms with van der Waals surface area (Å²) in [6, 6.07) is 5.55.